The van der Waals surface area contributed by atoms with Crippen LogP contribution in [0.5, 0.6) is 0 Å². The molecule has 0 unspecified atom stereocenters. The molecule has 1 atom stereocenters. The van der Waals surface area contributed by atoms with Gasteiger partial charge < -0.3 is 14.8 Å². The van der Waals surface area contributed by atoms with Crippen molar-refractivity contribution in [2.45, 2.75) is 57.3 Å². The number of aryl methyl sites for hydroxylation is 1. The Balaban J connectivity index is 1.68. The summed E-state index contributed by atoms with van der Waals surface area (Å²) in [5, 5.41) is 3.25. The van der Waals surface area contributed by atoms with Gasteiger partial charge in [0.1, 0.15) is 18.2 Å². The van der Waals surface area contributed by atoms with E-state index in [4.69, 9.17) is 9.47 Å². The van der Waals surface area contributed by atoms with Gasteiger partial charge in [-0.3, -0.25) is 0 Å². The topological polar surface area (TPSA) is 104 Å². The molecule has 0 radical (unpaired) electrons. The van der Waals surface area contributed by atoms with Crippen LogP contribution in [0.2, 0.25) is 0 Å². The summed E-state index contributed by atoms with van der Waals surface area (Å²) in [7, 11) is -3.92. The summed E-state index contributed by atoms with van der Waals surface area (Å²) < 4.78 is 39.2. The highest BCUT2D eigenvalue weighted by atomic mass is 32.2. The number of rotatable bonds is 8. The number of nitrogens with zero attached hydrogens (tertiary/aromatic N) is 1. The SMILES string of the molecule is Cc1ccc(S(=O)(=O)n2cc(C[C@@H](NC(=O)OC(C)(C)C)C(=O)OCc3ccccc3)c3ccccc32)cc1. The van der Waals surface area contributed by atoms with Crippen LogP contribution in [0.25, 0.3) is 10.9 Å². The molecule has 0 fully saturated rings. The van der Waals surface area contributed by atoms with Crippen LogP contribution >= 0.6 is 0 Å². The molecule has 0 aliphatic rings. The van der Waals surface area contributed by atoms with Gasteiger partial charge in [0.25, 0.3) is 10.0 Å². The largest absolute Gasteiger partial charge is 0.459 e. The van der Waals surface area contributed by atoms with Crippen LogP contribution in [0.1, 0.15) is 37.5 Å². The number of carbonyl (C=O) groups excluding carboxylic acids is 2. The number of nitrogens with one attached hydrogen (secondary N) is 1. The predicted octanol–water partition coefficient (Wildman–Crippen LogP) is 5.37. The Labute approximate surface area is 228 Å². The Morgan fingerprint density at radius 1 is 0.923 bits per heavy atom. The molecular weight excluding hydrogens is 516 g/mol. The number of benzene rings is 3. The highest BCUT2D eigenvalue weighted by molar-refractivity contribution is 7.90. The molecule has 39 heavy (non-hydrogen) atoms. The van der Waals surface area contributed by atoms with Gasteiger partial charge in [0.15, 0.2) is 0 Å². The second-order valence-corrected chi connectivity index (χ2v) is 12.1. The van der Waals surface area contributed by atoms with Gasteiger partial charge in [-0.1, -0.05) is 66.2 Å². The molecule has 0 spiro atoms. The summed E-state index contributed by atoms with van der Waals surface area (Å²) >= 11 is 0. The van der Waals surface area contributed by atoms with E-state index < -0.39 is 33.7 Å². The van der Waals surface area contributed by atoms with Crippen molar-refractivity contribution in [1.29, 1.82) is 0 Å². The normalized spacial score (nSPS) is 12.6. The number of ether oxygens (including phenoxy) is 2. The first-order valence-corrected chi connectivity index (χ1v) is 14.0. The lowest BCUT2D eigenvalue weighted by atomic mass is 10.1. The van der Waals surface area contributed by atoms with Gasteiger partial charge in [-0.25, -0.2) is 22.0 Å². The van der Waals surface area contributed by atoms with Gasteiger partial charge in [0.2, 0.25) is 0 Å². The molecule has 8 nitrogen and oxygen atoms in total. The summed E-state index contributed by atoms with van der Waals surface area (Å²) in [6.07, 6.45) is 0.706. The number of carbonyl (C=O) groups is 2. The fraction of sp³-hybridized carbons (Fsp3) is 0.267. The lowest BCUT2D eigenvalue weighted by Crippen LogP contribution is -2.45. The average molecular weight is 549 g/mol. The van der Waals surface area contributed by atoms with Crippen LogP contribution in [0.4, 0.5) is 4.79 Å². The van der Waals surface area contributed by atoms with E-state index in [1.54, 1.807) is 69.3 Å². The molecule has 0 aliphatic carbocycles. The number of alkyl carbamates (subject to hydrolysis) is 1. The number of esters is 1. The molecule has 1 N–H and O–H groups in total. The molecule has 3 aromatic carbocycles. The number of hydrogen-bond acceptors (Lipinski definition) is 6. The Bertz CT molecular complexity index is 1570. The van der Waals surface area contributed by atoms with E-state index in [-0.39, 0.29) is 17.9 Å². The Morgan fingerprint density at radius 3 is 2.23 bits per heavy atom. The van der Waals surface area contributed by atoms with Crippen LogP contribution in [0.15, 0.2) is 90.0 Å². The highest BCUT2D eigenvalue weighted by Crippen LogP contribution is 2.27. The first-order chi connectivity index (χ1) is 18.4. The molecule has 9 heteroatoms. The maximum absolute atomic E-state index is 13.6. The number of amides is 1. The third-order valence-corrected chi connectivity index (χ3v) is 7.65. The highest BCUT2D eigenvalue weighted by Gasteiger charge is 2.29. The van der Waals surface area contributed by atoms with Crippen LogP contribution in [-0.2, 0) is 37.3 Å². The molecular formula is C30H32N2O6S. The maximum Gasteiger partial charge on any atom is 0.408 e. The minimum Gasteiger partial charge on any atom is -0.459 e. The smallest absolute Gasteiger partial charge is 0.408 e. The lowest BCUT2D eigenvalue weighted by molar-refractivity contribution is -0.147. The van der Waals surface area contributed by atoms with Crippen molar-refractivity contribution in [1.82, 2.24) is 9.29 Å². The van der Waals surface area contributed by atoms with Crippen LogP contribution < -0.4 is 5.32 Å². The van der Waals surface area contributed by atoms with Gasteiger partial charge in [0.05, 0.1) is 10.4 Å². The first kappa shape index (κ1) is 27.9. The Kier molecular flexibility index (Phi) is 8.11. The molecule has 1 aromatic heterocycles. The van der Waals surface area contributed by atoms with Gasteiger partial charge >= 0.3 is 12.1 Å². The minimum absolute atomic E-state index is 0.0101. The number of fused-ring (bicyclic) bond motifs is 1. The fourth-order valence-electron chi connectivity index (χ4n) is 4.10. The van der Waals surface area contributed by atoms with E-state index in [0.717, 1.165) is 11.1 Å². The van der Waals surface area contributed by atoms with Crippen LogP contribution in [0, 0.1) is 6.92 Å². The number of para-hydroxylation sites is 1. The number of aromatic nitrogens is 1. The van der Waals surface area contributed by atoms with Crippen LogP contribution in [-0.4, -0.2) is 36.1 Å². The molecule has 0 saturated carbocycles. The van der Waals surface area contributed by atoms with E-state index >= 15 is 0 Å². The molecule has 1 amide bonds. The van der Waals surface area contributed by atoms with E-state index in [1.165, 1.54) is 10.2 Å². The predicted molar refractivity (Wildman–Crippen MR) is 149 cm³/mol. The monoisotopic (exact) mass is 548 g/mol. The van der Waals surface area contributed by atoms with Crippen molar-refractivity contribution in [3.05, 3.63) is 102 Å². The molecule has 0 saturated heterocycles. The summed E-state index contributed by atoms with van der Waals surface area (Å²) in [4.78, 5) is 26.0. The molecule has 4 rings (SSSR count). The van der Waals surface area contributed by atoms with Gasteiger partial charge in [0, 0.05) is 18.0 Å². The molecule has 0 aliphatic heterocycles. The maximum atomic E-state index is 13.6. The van der Waals surface area contributed by atoms with Crippen LogP contribution in [0.3, 0.4) is 0 Å². The van der Waals surface area contributed by atoms with E-state index in [9.17, 15) is 18.0 Å². The second kappa shape index (κ2) is 11.3. The Morgan fingerprint density at radius 2 is 1.56 bits per heavy atom. The van der Waals surface area contributed by atoms with E-state index in [1.807, 2.05) is 37.3 Å². The average Bonchev–Trinajstić information content (AvgIpc) is 3.26. The molecule has 204 valence electrons. The van der Waals surface area contributed by atoms with Crippen molar-refractivity contribution in [2.75, 3.05) is 0 Å². The van der Waals surface area contributed by atoms with Gasteiger partial charge in [-0.05, 0) is 57.0 Å². The van der Waals surface area contributed by atoms with Gasteiger partial charge in [-0.2, -0.15) is 0 Å². The summed E-state index contributed by atoms with van der Waals surface area (Å²) in [6.45, 7) is 7.07. The summed E-state index contributed by atoms with van der Waals surface area (Å²) in [5.41, 5.74) is 1.97. The fourth-order valence-corrected chi connectivity index (χ4v) is 5.49. The molecule has 1 heterocycles. The van der Waals surface area contributed by atoms with Gasteiger partial charge in [-0.15, -0.1) is 0 Å². The Hall–Kier alpha value is -4.11. The third-order valence-electron chi connectivity index (χ3n) is 5.96. The molecule has 0 bridgehead atoms. The summed E-state index contributed by atoms with van der Waals surface area (Å²) in [5.74, 6) is -0.664. The van der Waals surface area contributed by atoms with Crippen molar-refractivity contribution < 1.29 is 27.5 Å². The zero-order valence-corrected chi connectivity index (χ0v) is 23.2. The van der Waals surface area contributed by atoms with Crippen molar-refractivity contribution in [3.63, 3.8) is 0 Å². The van der Waals surface area contributed by atoms with E-state index in [0.29, 0.717) is 16.5 Å². The zero-order valence-electron chi connectivity index (χ0n) is 22.4. The molecule has 4 aromatic rings. The summed E-state index contributed by atoms with van der Waals surface area (Å²) in [6, 6.07) is 21.7. The second-order valence-electron chi connectivity index (χ2n) is 10.3. The minimum atomic E-state index is -3.92. The lowest BCUT2D eigenvalue weighted by Gasteiger charge is -2.23. The third kappa shape index (κ3) is 6.86. The van der Waals surface area contributed by atoms with E-state index in [2.05, 4.69) is 5.32 Å². The first-order valence-electron chi connectivity index (χ1n) is 12.6. The van der Waals surface area contributed by atoms with Crippen molar-refractivity contribution in [2.24, 2.45) is 0 Å². The zero-order chi connectivity index (χ0) is 28.2. The standard InChI is InChI=1S/C30H32N2O6S/c1-21-14-16-24(17-15-21)39(35,36)32-19-23(25-12-8-9-13-27(25)32)18-26(31-29(34)38-30(2,3)4)28(33)37-20-22-10-6-5-7-11-22/h5-17,19,26H,18,20H2,1-4H3,(H,31,34)/t26-/m1/s1. The van der Waals surface area contributed by atoms with Crippen molar-refractivity contribution in [3.8, 4) is 0 Å². The number of hydrogen-bond donors (Lipinski definition) is 1. The quantitative estimate of drug-likeness (QED) is 0.297. The van der Waals surface area contributed by atoms with Crippen molar-refractivity contribution >= 4 is 33.0 Å².